The summed E-state index contributed by atoms with van der Waals surface area (Å²) >= 11 is 0. The van der Waals surface area contributed by atoms with E-state index < -0.39 is 9.84 Å². The molecule has 4 aromatic rings. The lowest BCUT2D eigenvalue weighted by atomic mass is 10.1. The first kappa shape index (κ1) is 26.9. The number of para-hydroxylation sites is 1. The van der Waals surface area contributed by atoms with Crippen LogP contribution in [0.2, 0.25) is 0 Å². The van der Waals surface area contributed by atoms with Gasteiger partial charge in [-0.1, -0.05) is 62.1 Å². The maximum atomic E-state index is 13.3. The van der Waals surface area contributed by atoms with E-state index in [1.807, 2.05) is 67.6 Å². The molecule has 7 heteroatoms. The van der Waals surface area contributed by atoms with Crippen molar-refractivity contribution >= 4 is 15.9 Å². The smallest absolute Gasteiger partial charge is 0.216 e. The average molecular weight is 526 g/mol. The van der Waals surface area contributed by atoms with Gasteiger partial charge >= 0.3 is 0 Å². The van der Waals surface area contributed by atoms with Crippen LogP contribution in [0.1, 0.15) is 43.7 Å². The molecular weight excluding hydrogens is 494 g/mol. The molecule has 0 radical (unpaired) electrons. The van der Waals surface area contributed by atoms with Gasteiger partial charge in [0.05, 0.1) is 17.2 Å². The number of hydrogen-bond acceptors (Lipinski definition) is 5. The average Bonchev–Trinajstić information content (AvgIpc) is 3.36. The summed E-state index contributed by atoms with van der Waals surface area (Å²) in [7, 11) is -4.00. The van der Waals surface area contributed by atoms with Crippen molar-refractivity contribution in [1.29, 1.82) is 5.26 Å². The number of rotatable bonds is 11. The number of sulfone groups is 1. The Labute approximate surface area is 224 Å². The largest absolute Gasteiger partial charge is 0.494 e. The summed E-state index contributed by atoms with van der Waals surface area (Å²) in [6, 6.07) is 25.5. The van der Waals surface area contributed by atoms with Crippen molar-refractivity contribution in [3.8, 4) is 28.8 Å². The van der Waals surface area contributed by atoms with E-state index in [9.17, 15) is 13.7 Å². The Bertz CT molecular complexity index is 1530. The molecule has 1 heterocycles. The molecule has 0 atom stereocenters. The third-order valence-corrected chi connectivity index (χ3v) is 7.86. The molecule has 38 heavy (non-hydrogen) atoms. The molecule has 0 aliphatic heterocycles. The number of hydrogen-bond donors (Lipinski definition) is 0. The van der Waals surface area contributed by atoms with Crippen LogP contribution in [0.25, 0.3) is 23.0 Å². The molecule has 3 aromatic carbocycles. The summed E-state index contributed by atoms with van der Waals surface area (Å²) in [5.41, 5.74) is 3.63. The third kappa shape index (κ3) is 6.39. The van der Waals surface area contributed by atoms with Crippen molar-refractivity contribution in [2.24, 2.45) is 0 Å². The Kier molecular flexibility index (Phi) is 8.77. The third-order valence-electron chi connectivity index (χ3n) is 6.18. The number of nitriles is 1. The minimum Gasteiger partial charge on any atom is -0.494 e. The maximum Gasteiger partial charge on any atom is 0.216 e. The van der Waals surface area contributed by atoms with Crippen LogP contribution in [-0.4, -0.2) is 24.8 Å². The topological polar surface area (TPSA) is 85.0 Å². The molecule has 0 aliphatic carbocycles. The molecule has 4 rings (SSSR count). The molecule has 0 saturated heterocycles. The molecule has 0 saturated carbocycles. The van der Waals surface area contributed by atoms with E-state index in [1.54, 1.807) is 23.0 Å². The van der Waals surface area contributed by atoms with E-state index >= 15 is 0 Å². The van der Waals surface area contributed by atoms with E-state index in [4.69, 9.17) is 9.84 Å². The molecule has 6 nitrogen and oxygen atoms in total. The van der Waals surface area contributed by atoms with Gasteiger partial charge in [-0.05, 0) is 68.0 Å². The molecule has 0 aliphatic rings. The van der Waals surface area contributed by atoms with Crippen molar-refractivity contribution in [1.82, 2.24) is 9.78 Å². The zero-order valence-electron chi connectivity index (χ0n) is 21.7. The monoisotopic (exact) mass is 525 g/mol. The number of unbranched alkanes of at least 4 members (excludes halogenated alkanes) is 3. The van der Waals surface area contributed by atoms with Crippen LogP contribution in [0.15, 0.2) is 94.9 Å². The van der Waals surface area contributed by atoms with Gasteiger partial charge in [0.1, 0.15) is 22.4 Å². The normalized spacial score (nSPS) is 11.8. The Morgan fingerprint density at radius 3 is 2.34 bits per heavy atom. The van der Waals surface area contributed by atoms with Gasteiger partial charge in [0.2, 0.25) is 9.84 Å². The standard InChI is InChI=1S/C31H31N3O3S/c1-3-4-5-9-20-37-28-16-14-25(15-17-28)31-26(23-34(33-31)27-10-7-6-8-11-27)21-30(22-32)38(35,36)29-18-12-24(2)13-19-29/h6-8,10-19,21,23H,3-5,9,20H2,1-2H3/b30-21+. The molecular formula is C31H31N3O3S. The van der Waals surface area contributed by atoms with Crippen molar-refractivity contribution in [2.75, 3.05) is 6.61 Å². The first-order valence-electron chi connectivity index (χ1n) is 12.7. The second-order valence-electron chi connectivity index (χ2n) is 9.08. The highest BCUT2D eigenvalue weighted by molar-refractivity contribution is 7.95. The van der Waals surface area contributed by atoms with Crippen LogP contribution in [0.5, 0.6) is 5.75 Å². The van der Waals surface area contributed by atoms with Crippen molar-refractivity contribution in [2.45, 2.75) is 44.4 Å². The highest BCUT2D eigenvalue weighted by Gasteiger charge is 2.22. The van der Waals surface area contributed by atoms with Gasteiger partial charge in [0.25, 0.3) is 0 Å². The van der Waals surface area contributed by atoms with Crippen molar-refractivity contribution < 1.29 is 13.2 Å². The van der Waals surface area contributed by atoms with Gasteiger partial charge < -0.3 is 4.74 Å². The van der Waals surface area contributed by atoms with Crippen LogP contribution < -0.4 is 4.74 Å². The first-order chi connectivity index (χ1) is 18.4. The summed E-state index contributed by atoms with van der Waals surface area (Å²) in [6.07, 6.45) is 7.68. The number of ether oxygens (including phenoxy) is 1. The highest BCUT2D eigenvalue weighted by atomic mass is 32.2. The van der Waals surface area contributed by atoms with Gasteiger partial charge in [-0.3, -0.25) is 0 Å². The summed E-state index contributed by atoms with van der Waals surface area (Å²) in [6.45, 7) is 4.72. The van der Waals surface area contributed by atoms with Crippen molar-refractivity contribution in [3.63, 3.8) is 0 Å². The Morgan fingerprint density at radius 1 is 0.974 bits per heavy atom. The van der Waals surface area contributed by atoms with Crippen molar-refractivity contribution in [3.05, 3.63) is 101 Å². The summed E-state index contributed by atoms with van der Waals surface area (Å²) < 4.78 is 34.1. The molecule has 0 N–H and O–H groups in total. The van der Waals surface area contributed by atoms with Crippen LogP contribution in [-0.2, 0) is 9.84 Å². The Balaban J connectivity index is 1.70. The maximum absolute atomic E-state index is 13.3. The fraction of sp³-hybridized carbons (Fsp3) is 0.226. The SMILES string of the molecule is CCCCCCOc1ccc(-c2nn(-c3ccccc3)cc2/C=C(\C#N)S(=O)(=O)c2ccc(C)cc2)cc1. The Morgan fingerprint density at radius 2 is 1.68 bits per heavy atom. The lowest BCUT2D eigenvalue weighted by molar-refractivity contribution is 0.305. The summed E-state index contributed by atoms with van der Waals surface area (Å²) in [5, 5.41) is 14.6. The van der Waals surface area contributed by atoms with Crippen LogP contribution in [0, 0.1) is 18.3 Å². The second kappa shape index (κ2) is 12.4. The second-order valence-corrected chi connectivity index (χ2v) is 11.0. The molecule has 1 aromatic heterocycles. The quantitative estimate of drug-likeness (QED) is 0.153. The lowest BCUT2D eigenvalue weighted by Gasteiger charge is -2.07. The van der Waals surface area contributed by atoms with Gasteiger partial charge in [-0.25, -0.2) is 13.1 Å². The molecule has 0 bridgehead atoms. The fourth-order valence-corrected chi connectivity index (χ4v) is 5.16. The fourth-order valence-electron chi connectivity index (χ4n) is 4.01. The highest BCUT2D eigenvalue weighted by Crippen LogP contribution is 2.29. The Hall–Kier alpha value is -4.15. The molecule has 0 fully saturated rings. The van der Waals surface area contributed by atoms with Gasteiger partial charge in [-0.2, -0.15) is 10.4 Å². The zero-order valence-corrected chi connectivity index (χ0v) is 22.5. The van der Waals surface area contributed by atoms with E-state index in [0.29, 0.717) is 17.9 Å². The van der Waals surface area contributed by atoms with E-state index in [-0.39, 0.29) is 9.80 Å². The lowest BCUT2D eigenvalue weighted by Crippen LogP contribution is -2.03. The zero-order chi connectivity index (χ0) is 27.0. The summed E-state index contributed by atoms with van der Waals surface area (Å²) in [4.78, 5) is -0.268. The van der Waals surface area contributed by atoms with Crippen LogP contribution >= 0.6 is 0 Å². The number of aromatic nitrogens is 2. The van der Waals surface area contributed by atoms with Gasteiger partial charge in [0.15, 0.2) is 0 Å². The number of aryl methyl sites for hydroxylation is 1. The molecule has 0 spiro atoms. The number of nitrogens with zero attached hydrogens (tertiary/aromatic N) is 3. The predicted molar refractivity (Wildman–Crippen MR) is 151 cm³/mol. The number of allylic oxidation sites excluding steroid dienone is 1. The van der Waals surface area contributed by atoms with Gasteiger partial charge in [-0.15, -0.1) is 0 Å². The van der Waals surface area contributed by atoms with E-state index in [1.165, 1.54) is 31.1 Å². The summed E-state index contributed by atoms with van der Waals surface area (Å²) in [5.74, 6) is 0.768. The molecule has 0 unspecified atom stereocenters. The molecule has 194 valence electrons. The predicted octanol–water partition coefficient (Wildman–Crippen LogP) is 7.15. The minimum atomic E-state index is -4.00. The van der Waals surface area contributed by atoms with Gasteiger partial charge in [0, 0.05) is 17.3 Å². The number of benzene rings is 3. The van der Waals surface area contributed by atoms with E-state index in [2.05, 4.69) is 6.92 Å². The minimum absolute atomic E-state index is 0.0772. The van der Waals surface area contributed by atoms with Crippen LogP contribution in [0.4, 0.5) is 0 Å². The first-order valence-corrected chi connectivity index (χ1v) is 14.2. The van der Waals surface area contributed by atoms with E-state index in [0.717, 1.165) is 35.4 Å². The molecule has 0 amide bonds. The van der Waals surface area contributed by atoms with Crippen LogP contribution in [0.3, 0.4) is 0 Å².